The second kappa shape index (κ2) is 5.80. The van der Waals surface area contributed by atoms with Gasteiger partial charge in [-0.25, -0.2) is 4.98 Å². The van der Waals surface area contributed by atoms with E-state index in [9.17, 15) is 4.79 Å². The Bertz CT molecular complexity index is 389. The van der Waals surface area contributed by atoms with Gasteiger partial charge in [0.2, 0.25) is 5.91 Å². The second-order valence-electron chi connectivity index (χ2n) is 5.45. The van der Waals surface area contributed by atoms with Gasteiger partial charge in [0.15, 0.2) is 0 Å². The van der Waals surface area contributed by atoms with Crippen LogP contribution in [0.1, 0.15) is 31.7 Å². The third-order valence-corrected chi connectivity index (χ3v) is 4.35. The van der Waals surface area contributed by atoms with Crippen LogP contribution >= 0.6 is 11.3 Å². The molecule has 0 radical (unpaired) electrons. The molecule has 5 heteroatoms. The summed E-state index contributed by atoms with van der Waals surface area (Å²) >= 11 is 1.63. The maximum Gasteiger partial charge on any atom is 0.237 e. The summed E-state index contributed by atoms with van der Waals surface area (Å²) in [5.41, 5.74) is 0.0452. The van der Waals surface area contributed by atoms with E-state index in [0.29, 0.717) is 6.54 Å². The van der Waals surface area contributed by atoms with Gasteiger partial charge in [-0.05, 0) is 24.8 Å². The number of aromatic nitrogens is 1. The Morgan fingerprint density at radius 2 is 2.50 bits per heavy atom. The van der Waals surface area contributed by atoms with Gasteiger partial charge >= 0.3 is 0 Å². The zero-order valence-electron chi connectivity index (χ0n) is 11.0. The van der Waals surface area contributed by atoms with Crippen LogP contribution in [0.25, 0.3) is 0 Å². The first kappa shape index (κ1) is 13.5. The van der Waals surface area contributed by atoms with E-state index in [1.165, 1.54) is 0 Å². The van der Waals surface area contributed by atoms with Crippen LogP contribution in [0.2, 0.25) is 0 Å². The zero-order valence-corrected chi connectivity index (χ0v) is 11.8. The first-order valence-electron chi connectivity index (χ1n) is 6.49. The molecule has 1 aliphatic heterocycles. The molecule has 1 unspecified atom stereocenters. The summed E-state index contributed by atoms with van der Waals surface area (Å²) in [5, 5.41) is 9.38. The first-order chi connectivity index (χ1) is 8.59. The lowest BCUT2D eigenvalue weighted by Gasteiger charge is -2.38. The number of amides is 1. The first-order valence-corrected chi connectivity index (χ1v) is 7.37. The van der Waals surface area contributed by atoms with Gasteiger partial charge in [-0.1, -0.05) is 13.8 Å². The standard InChI is InChI=1S/C13H21N3OS/c1-13(2)5-3-6-15-11(13)12(17)16-7-4-10-14-8-9-18-10/h8-9,11,15H,3-7H2,1-2H3,(H,16,17). The van der Waals surface area contributed by atoms with Crippen molar-refractivity contribution in [3.8, 4) is 0 Å². The Balaban J connectivity index is 1.80. The molecule has 0 aliphatic carbocycles. The Kier molecular flexibility index (Phi) is 4.35. The van der Waals surface area contributed by atoms with Crippen molar-refractivity contribution in [3.05, 3.63) is 16.6 Å². The third-order valence-electron chi connectivity index (χ3n) is 3.51. The number of hydrogen-bond donors (Lipinski definition) is 2. The van der Waals surface area contributed by atoms with E-state index in [1.807, 2.05) is 5.38 Å². The van der Waals surface area contributed by atoms with Crippen LogP contribution in [0.3, 0.4) is 0 Å². The van der Waals surface area contributed by atoms with Crippen molar-refractivity contribution in [3.63, 3.8) is 0 Å². The van der Waals surface area contributed by atoms with Crippen molar-refractivity contribution in [1.82, 2.24) is 15.6 Å². The molecule has 0 spiro atoms. The molecule has 2 N–H and O–H groups in total. The SMILES string of the molecule is CC1(C)CCCNC1C(=O)NCCc1nccs1. The van der Waals surface area contributed by atoms with E-state index < -0.39 is 0 Å². The quantitative estimate of drug-likeness (QED) is 0.871. The minimum atomic E-state index is -0.0671. The van der Waals surface area contributed by atoms with Crippen LogP contribution in [0.4, 0.5) is 0 Å². The highest BCUT2D eigenvalue weighted by Gasteiger charge is 2.36. The monoisotopic (exact) mass is 267 g/mol. The van der Waals surface area contributed by atoms with Gasteiger partial charge in [0.1, 0.15) is 0 Å². The lowest BCUT2D eigenvalue weighted by Crippen LogP contribution is -2.55. The normalized spacial score (nSPS) is 22.7. The van der Waals surface area contributed by atoms with E-state index in [0.717, 1.165) is 30.8 Å². The molecule has 100 valence electrons. The van der Waals surface area contributed by atoms with Gasteiger partial charge in [0.25, 0.3) is 0 Å². The van der Waals surface area contributed by atoms with Crippen molar-refractivity contribution >= 4 is 17.2 Å². The molecule has 1 amide bonds. The Labute approximate surface area is 112 Å². The molecule has 0 saturated carbocycles. The van der Waals surface area contributed by atoms with E-state index in [-0.39, 0.29) is 17.4 Å². The van der Waals surface area contributed by atoms with E-state index in [1.54, 1.807) is 17.5 Å². The number of thiazole rings is 1. The molecule has 0 bridgehead atoms. The molecule has 1 aromatic rings. The largest absolute Gasteiger partial charge is 0.354 e. The summed E-state index contributed by atoms with van der Waals surface area (Å²) in [6.07, 6.45) is 4.87. The van der Waals surface area contributed by atoms with Crippen molar-refractivity contribution < 1.29 is 4.79 Å². The Hall–Kier alpha value is -0.940. The third kappa shape index (κ3) is 3.29. The highest BCUT2D eigenvalue weighted by Crippen LogP contribution is 2.29. The maximum atomic E-state index is 12.2. The fourth-order valence-corrected chi connectivity index (χ4v) is 3.05. The minimum absolute atomic E-state index is 0.0452. The summed E-state index contributed by atoms with van der Waals surface area (Å²) in [6.45, 7) is 5.92. The van der Waals surface area contributed by atoms with Gasteiger partial charge in [-0.15, -0.1) is 11.3 Å². The van der Waals surface area contributed by atoms with Gasteiger partial charge < -0.3 is 10.6 Å². The molecular weight excluding hydrogens is 246 g/mol. The summed E-state index contributed by atoms with van der Waals surface area (Å²) in [5.74, 6) is 0.122. The average molecular weight is 267 g/mol. The van der Waals surface area contributed by atoms with Gasteiger partial charge in [0.05, 0.1) is 11.0 Å². The second-order valence-corrected chi connectivity index (χ2v) is 6.43. The van der Waals surface area contributed by atoms with Crippen LogP contribution in [-0.4, -0.2) is 30.0 Å². The number of nitrogens with one attached hydrogen (secondary N) is 2. The van der Waals surface area contributed by atoms with Gasteiger partial charge in [-0.2, -0.15) is 0 Å². The van der Waals surface area contributed by atoms with Crippen LogP contribution in [0.15, 0.2) is 11.6 Å². The smallest absolute Gasteiger partial charge is 0.237 e. The predicted octanol–water partition coefficient (Wildman–Crippen LogP) is 1.58. The molecule has 0 aromatic carbocycles. The molecule has 1 saturated heterocycles. The summed E-state index contributed by atoms with van der Waals surface area (Å²) in [6, 6.07) is -0.0671. The fourth-order valence-electron chi connectivity index (χ4n) is 2.43. The molecule has 1 aromatic heterocycles. The van der Waals surface area contributed by atoms with Crippen LogP contribution in [0.5, 0.6) is 0 Å². The number of rotatable bonds is 4. The lowest BCUT2D eigenvalue weighted by atomic mass is 9.77. The zero-order chi connectivity index (χ0) is 13.0. The number of piperidine rings is 1. The van der Waals surface area contributed by atoms with Crippen molar-refractivity contribution in [2.75, 3.05) is 13.1 Å². The molecule has 1 aliphatic rings. The van der Waals surface area contributed by atoms with Crippen LogP contribution < -0.4 is 10.6 Å². The van der Waals surface area contributed by atoms with Gasteiger partial charge in [-0.3, -0.25) is 4.79 Å². The Morgan fingerprint density at radius 3 is 3.17 bits per heavy atom. The molecular formula is C13H21N3OS. The number of hydrogen-bond acceptors (Lipinski definition) is 4. The highest BCUT2D eigenvalue weighted by atomic mass is 32.1. The fraction of sp³-hybridized carbons (Fsp3) is 0.692. The van der Waals surface area contributed by atoms with Crippen LogP contribution in [0, 0.1) is 5.41 Å². The van der Waals surface area contributed by atoms with E-state index in [2.05, 4.69) is 29.5 Å². The molecule has 1 atom stereocenters. The lowest BCUT2D eigenvalue weighted by molar-refractivity contribution is -0.126. The maximum absolute atomic E-state index is 12.2. The molecule has 18 heavy (non-hydrogen) atoms. The van der Waals surface area contributed by atoms with Crippen molar-refractivity contribution in [2.24, 2.45) is 5.41 Å². The van der Waals surface area contributed by atoms with Crippen LogP contribution in [-0.2, 0) is 11.2 Å². The average Bonchev–Trinajstić information content (AvgIpc) is 2.81. The van der Waals surface area contributed by atoms with Gasteiger partial charge in [0, 0.05) is 24.5 Å². The molecule has 2 rings (SSSR count). The van der Waals surface area contributed by atoms with E-state index >= 15 is 0 Å². The Morgan fingerprint density at radius 1 is 1.67 bits per heavy atom. The minimum Gasteiger partial charge on any atom is -0.354 e. The summed E-state index contributed by atoms with van der Waals surface area (Å²) < 4.78 is 0. The number of carbonyl (C=O) groups is 1. The van der Waals surface area contributed by atoms with E-state index in [4.69, 9.17) is 0 Å². The summed E-state index contributed by atoms with van der Waals surface area (Å²) in [7, 11) is 0. The topological polar surface area (TPSA) is 54.0 Å². The van der Waals surface area contributed by atoms with Crippen molar-refractivity contribution in [2.45, 2.75) is 39.2 Å². The number of nitrogens with zero attached hydrogens (tertiary/aromatic N) is 1. The predicted molar refractivity (Wildman–Crippen MR) is 73.6 cm³/mol. The highest BCUT2D eigenvalue weighted by molar-refractivity contribution is 7.09. The molecule has 2 heterocycles. The van der Waals surface area contributed by atoms with Crippen molar-refractivity contribution in [1.29, 1.82) is 0 Å². The molecule has 1 fully saturated rings. The summed E-state index contributed by atoms with van der Waals surface area (Å²) in [4.78, 5) is 16.4. The molecule has 4 nitrogen and oxygen atoms in total. The number of carbonyl (C=O) groups excluding carboxylic acids is 1.